The third-order valence-electron chi connectivity index (χ3n) is 2.97. The molecule has 0 spiro atoms. The summed E-state index contributed by atoms with van der Waals surface area (Å²) in [6.45, 7) is 2.43. The van der Waals surface area contributed by atoms with Gasteiger partial charge in [0.2, 0.25) is 0 Å². The first-order chi connectivity index (χ1) is 9.20. The van der Waals surface area contributed by atoms with E-state index in [1.165, 1.54) is 6.07 Å². The molecule has 0 heterocycles. The standard InChI is InChI=1S/C16H18FNO/c1-12-10-14(8-9-15(12)17)19-16(11-18-2)13-6-4-3-5-7-13/h3-10,16,18H,11H2,1-2H3. The van der Waals surface area contributed by atoms with Crippen LogP contribution in [0.4, 0.5) is 4.39 Å². The van der Waals surface area contributed by atoms with Crippen molar-refractivity contribution in [3.8, 4) is 5.75 Å². The van der Waals surface area contributed by atoms with Crippen molar-refractivity contribution >= 4 is 0 Å². The summed E-state index contributed by atoms with van der Waals surface area (Å²) in [6.07, 6.45) is -0.0870. The number of hydrogen-bond acceptors (Lipinski definition) is 2. The Morgan fingerprint density at radius 2 is 1.89 bits per heavy atom. The van der Waals surface area contributed by atoms with Crippen LogP contribution in [-0.4, -0.2) is 13.6 Å². The number of nitrogens with one attached hydrogen (secondary N) is 1. The molecule has 1 N–H and O–H groups in total. The summed E-state index contributed by atoms with van der Waals surface area (Å²) in [7, 11) is 1.88. The fraction of sp³-hybridized carbons (Fsp3) is 0.250. The largest absolute Gasteiger partial charge is 0.484 e. The topological polar surface area (TPSA) is 21.3 Å². The van der Waals surface area contributed by atoms with Gasteiger partial charge in [-0.25, -0.2) is 4.39 Å². The van der Waals surface area contributed by atoms with Crippen molar-refractivity contribution in [3.05, 3.63) is 65.5 Å². The molecular weight excluding hydrogens is 241 g/mol. The second kappa shape index (κ2) is 6.34. The summed E-state index contributed by atoms with van der Waals surface area (Å²) in [5.74, 6) is 0.472. The van der Waals surface area contributed by atoms with Gasteiger partial charge in [0.25, 0.3) is 0 Å². The molecule has 1 atom stereocenters. The van der Waals surface area contributed by atoms with E-state index in [0.717, 1.165) is 5.56 Å². The van der Waals surface area contributed by atoms with E-state index in [1.807, 2.05) is 37.4 Å². The van der Waals surface area contributed by atoms with Crippen LogP contribution in [0.3, 0.4) is 0 Å². The monoisotopic (exact) mass is 259 g/mol. The van der Waals surface area contributed by atoms with Gasteiger partial charge in [-0.15, -0.1) is 0 Å². The fourth-order valence-corrected chi connectivity index (χ4v) is 1.94. The molecule has 100 valence electrons. The normalized spacial score (nSPS) is 12.2. The van der Waals surface area contributed by atoms with Gasteiger partial charge in [-0.1, -0.05) is 30.3 Å². The van der Waals surface area contributed by atoms with Gasteiger partial charge in [0, 0.05) is 6.54 Å². The summed E-state index contributed by atoms with van der Waals surface area (Å²) in [4.78, 5) is 0. The van der Waals surface area contributed by atoms with Gasteiger partial charge in [0.15, 0.2) is 0 Å². The van der Waals surface area contributed by atoms with Crippen molar-refractivity contribution < 1.29 is 9.13 Å². The van der Waals surface area contributed by atoms with Crippen LogP contribution in [0, 0.1) is 12.7 Å². The minimum Gasteiger partial charge on any atom is -0.484 e. The smallest absolute Gasteiger partial charge is 0.136 e. The zero-order chi connectivity index (χ0) is 13.7. The van der Waals surface area contributed by atoms with E-state index in [9.17, 15) is 4.39 Å². The first kappa shape index (κ1) is 13.6. The Bertz CT molecular complexity index is 528. The van der Waals surface area contributed by atoms with Crippen LogP contribution in [-0.2, 0) is 0 Å². The summed E-state index contributed by atoms with van der Waals surface area (Å²) in [6, 6.07) is 14.8. The summed E-state index contributed by atoms with van der Waals surface area (Å²) in [5.41, 5.74) is 1.69. The average Bonchev–Trinajstić information content (AvgIpc) is 2.43. The third kappa shape index (κ3) is 3.55. The molecule has 0 amide bonds. The SMILES string of the molecule is CNCC(Oc1ccc(F)c(C)c1)c1ccccc1. The Hall–Kier alpha value is -1.87. The van der Waals surface area contributed by atoms with Gasteiger partial charge in [-0.05, 0) is 43.3 Å². The molecule has 19 heavy (non-hydrogen) atoms. The van der Waals surface area contributed by atoms with Crippen molar-refractivity contribution in [1.82, 2.24) is 5.32 Å². The summed E-state index contributed by atoms with van der Waals surface area (Å²) < 4.78 is 19.2. The predicted molar refractivity (Wildman–Crippen MR) is 74.9 cm³/mol. The molecule has 0 aliphatic carbocycles. The zero-order valence-corrected chi connectivity index (χ0v) is 11.2. The maximum Gasteiger partial charge on any atom is 0.136 e. The third-order valence-corrected chi connectivity index (χ3v) is 2.97. The molecule has 0 aromatic heterocycles. The molecule has 0 aliphatic heterocycles. The fourth-order valence-electron chi connectivity index (χ4n) is 1.94. The van der Waals surface area contributed by atoms with Crippen LogP contribution >= 0.6 is 0 Å². The molecule has 2 aromatic carbocycles. The second-order valence-corrected chi connectivity index (χ2v) is 4.49. The highest BCUT2D eigenvalue weighted by Gasteiger charge is 2.12. The Balaban J connectivity index is 2.19. The lowest BCUT2D eigenvalue weighted by Crippen LogP contribution is -2.21. The van der Waals surface area contributed by atoms with Gasteiger partial charge < -0.3 is 10.1 Å². The highest BCUT2D eigenvalue weighted by Crippen LogP contribution is 2.23. The molecule has 2 nitrogen and oxygen atoms in total. The van der Waals surface area contributed by atoms with Gasteiger partial charge in [0.1, 0.15) is 17.7 Å². The van der Waals surface area contributed by atoms with Crippen molar-refractivity contribution in [2.24, 2.45) is 0 Å². The highest BCUT2D eigenvalue weighted by atomic mass is 19.1. The first-order valence-corrected chi connectivity index (χ1v) is 6.33. The minimum absolute atomic E-state index is 0.0870. The first-order valence-electron chi connectivity index (χ1n) is 6.33. The number of likely N-dealkylation sites (N-methyl/N-ethyl adjacent to an activating group) is 1. The maximum atomic E-state index is 13.2. The lowest BCUT2D eigenvalue weighted by Gasteiger charge is -2.19. The quantitative estimate of drug-likeness (QED) is 0.887. The van der Waals surface area contributed by atoms with Gasteiger partial charge >= 0.3 is 0 Å². The van der Waals surface area contributed by atoms with Crippen LogP contribution < -0.4 is 10.1 Å². The molecule has 0 fully saturated rings. The maximum absolute atomic E-state index is 13.2. The van der Waals surface area contributed by atoms with E-state index in [4.69, 9.17) is 4.74 Å². The van der Waals surface area contributed by atoms with Crippen molar-refractivity contribution in [2.75, 3.05) is 13.6 Å². The highest BCUT2D eigenvalue weighted by molar-refractivity contribution is 5.30. The van der Waals surface area contributed by atoms with Crippen molar-refractivity contribution in [1.29, 1.82) is 0 Å². The average molecular weight is 259 g/mol. The lowest BCUT2D eigenvalue weighted by molar-refractivity contribution is 0.204. The molecule has 0 radical (unpaired) electrons. The van der Waals surface area contributed by atoms with E-state index in [1.54, 1.807) is 19.1 Å². The molecule has 0 saturated heterocycles. The zero-order valence-electron chi connectivity index (χ0n) is 11.2. The molecule has 3 heteroatoms. The number of hydrogen-bond donors (Lipinski definition) is 1. The number of halogens is 1. The van der Waals surface area contributed by atoms with E-state index in [0.29, 0.717) is 17.9 Å². The Morgan fingerprint density at radius 1 is 1.16 bits per heavy atom. The van der Waals surface area contributed by atoms with E-state index < -0.39 is 0 Å². The summed E-state index contributed by atoms with van der Waals surface area (Å²) >= 11 is 0. The van der Waals surface area contributed by atoms with E-state index in [-0.39, 0.29) is 11.9 Å². The van der Waals surface area contributed by atoms with Gasteiger partial charge in [-0.2, -0.15) is 0 Å². The van der Waals surface area contributed by atoms with Crippen molar-refractivity contribution in [2.45, 2.75) is 13.0 Å². The number of ether oxygens (including phenoxy) is 1. The Labute approximate surface area is 113 Å². The Kier molecular flexibility index (Phi) is 4.53. The lowest BCUT2D eigenvalue weighted by atomic mass is 10.1. The van der Waals surface area contributed by atoms with Gasteiger partial charge in [-0.3, -0.25) is 0 Å². The molecule has 1 unspecified atom stereocenters. The van der Waals surface area contributed by atoms with Crippen LogP contribution in [0.2, 0.25) is 0 Å². The second-order valence-electron chi connectivity index (χ2n) is 4.49. The number of rotatable bonds is 5. The molecule has 2 aromatic rings. The van der Waals surface area contributed by atoms with Gasteiger partial charge in [0.05, 0.1) is 0 Å². The molecule has 0 aliphatic rings. The van der Waals surface area contributed by atoms with Crippen molar-refractivity contribution in [3.63, 3.8) is 0 Å². The number of aryl methyl sites for hydroxylation is 1. The van der Waals surface area contributed by atoms with E-state index >= 15 is 0 Å². The Morgan fingerprint density at radius 3 is 2.53 bits per heavy atom. The molecular formula is C16H18FNO. The molecule has 0 saturated carbocycles. The summed E-state index contributed by atoms with van der Waals surface area (Å²) in [5, 5.41) is 3.11. The van der Waals surface area contributed by atoms with E-state index in [2.05, 4.69) is 5.32 Å². The molecule has 0 bridgehead atoms. The minimum atomic E-state index is -0.211. The predicted octanol–water partition coefficient (Wildman–Crippen LogP) is 3.47. The number of benzene rings is 2. The van der Waals surface area contributed by atoms with Crippen LogP contribution in [0.25, 0.3) is 0 Å². The van der Waals surface area contributed by atoms with Crippen LogP contribution in [0.1, 0.15) is 17.2 Å². The molecule has 2 rings (SSSR count). The van der Waals surface area contributed by atoms with Crippen LogP contribution in [0.15, 0.2) is 48.5 Å². The van der Waals surface area contributed by atoms with Crippen LogP contribution in [0.5, 0.6) is 5.75 Å².